The first-order valence-corrected chi connectivity index (χ1v) is 6.06. The summed E-state index contributed by atoms with van der Waals surface area (Å²) < 4.78 is 10.3. The second kappa shape index (κ2) is 5.49. The molecule has 1 unspecified atom stereocenters. The predicted octanol–water partition coefficient (Wildman–Crippen LogP) is -0.0631. The van der Waals surface area contributed by atoms with E-state index in [0.29, 0.717) is 12.2 Å². The third-order valence-corrected chi connectivity index (χ3v) is 3.33. The van der Waals surface area contributed by atoms with Crippen LogP contribution in [0, 0.1) is 13.8 Å². The zero-order valence-electron chi connectivity index (χ0n) is 10.9. The fourth-order valence-corrected chi connectivity index (χ4v) is 2.22. The number of nitrogens with one attached hydrogen (secondary N) is 2. The zero-order valence-corrected chi connectivity index (χ0v) is 10.9. The monoisotopic (exact) mass is 253 g/mol. The van der Waals surface area contributed by atoms with E-state index in [4.69, 9.17) is 9.26 Å². The lowest BCUT2D eigenvalue weighted by Gasteiger charge is -2.18. The Morgan fingerprint density at radius 2 is 2.33 bits per heavy atom. The Hall–Kier alpha value is -1.40. The molecule has 0 aliphatic carbocycles. The molecule has 2 heterocycles. The standard InChI is InChI=1S/C12H19N3O3/c1-7-9(8(2)18-15-7)4-12(16)14-10-5-13-6-11(10)17-3/h10-11,13H,4-6H2,1-3H3,(H,14,16)/t10?,11-/m1/s1. The number of amides is 1. The highest BCUT2D eigenvalue weighted by Crippen LogP contribution is 2.13. The largest absolute Gasteiger partial charge is 0.378 e. The lowest BCUT2D eigenvalue weighted by atomic mass is 10.1. The van der Waals surface area contributed by atoms with Gasteiger partial charge in [0.2, 0.25) is 5.91 Å². The van der Waals surface area contributed by atoms with Crippen LogP contribution in [-0.2, 0) is 16.0 Å². The summed E-state index contributed by atoms with van der Waals surface area (Å²) in [5, 5.41) is 10.0. The molecule has 0 aromatic carbocycles. The van der Waals surface area contributed by atoms with Crippen molar-refractivity contribution in [3.8, 4) is 0 Å². The van der Waals surface area contributed by atoms with E-state index in [0.717, 1.165) is 24.3 Å². The van der Waals surface area contributed by atoms with Gasteiger partial charge < -0.3 is 19.9 Å². The summed E-state index contributed by atoms with van der Waals surface area (Å²) in [5.74, 6) is 0.677. The third kappa shape index (κ3) is 2.70. The van der Waals surface area contributed by atoms with Crippen molar-refractivity contribution in [2.45, 2.75) is 32.4 Å². The van der Waals surface area contributed by atoms with Crippen molar-refractivity contribution in [1.29, 1.82) is 0 Å². The lowest BCUT2D eigenvalue weighted by Crippen LogP contribution is -2.44. The van der Waals surface area contributed by atoms with Gasteiger partial charge in [-0.15, -0.1) is 0 Å². The molecule has 2 rings (SSSR count). The SMILES string of the molecule is CO[C@@H]1CNCC1NC(=O)Cc1c(C)noc1C. The summed E-state index contributed by atoms with van der Waals surface area (Å²) in [6, 6.07) is 0.0305. The maximum absolute atomic E-state index is 12.0. The van der Waals surface area contributed by atoms with Crippen LogP contribution in [0.25, 0.3) is 0 Å². The average molecular weight is 253 g/mol. The van der Waals surface area contributed by atoms with Gasteiger partial charge in [-0.05, 0) is 13.8 Å². The van der Waals surface area contributed by atoms with Crippen LogP contribution in [-0.4, -0.2) is 43.4 Å². The Balaban J connectivity index is 1.93. The van der Waals surface area contributed by atoms with Crippen LogP contribution in [0.3, 0.4) is 0 Å². The number of methoxy groups -OCH3 is 1. The molecule has 1 aliphatic heterocycles. The number of aromatic nitrogens is 1. The Kier molecular flexibility index (Phi) is 3.98. The summed E-state index contributed by atoms with van der Waals surface area (Å²) in [4.78, 5) is 12.0. The summed E-state index contributed by atoms with van der Waals surface area (Å²) in [7, 11) is 1.66. The normalized spacial score (nSPS) is 23.3. The van der Waals surface area contributed by atoms with E-state index in [2.05, 4.69) is 15.8 Å². The van der Waals surface area contributed by atoms with Gasteiger partial charge in [-0.2, -0.15) is 0 Å². The predicted molar refractivity (Wildman–Crippen MR) is 65.3 cm³/mol. The van der Waals surface area contributed by atoms with Crippen LogP contribution >= 0.6 is 0 Å². The van der Waals surface area contributed by atoms with Gasteiger partial charge in [0, 0.05) is 25.8 Å². The van der Waals surface area contributed by atoms with Crippen molar-refractivity contribution in [3.05, 3.63) is 17.0 Å². The molecule has 6 nitrogen and oxygen atoms in total. The Morgan fingerprint density at radius 3 is 2.94 bits per heavy atom. The van der Waals surface area contributed by atoms with Crippen molar-refractivity contribution in [3.63, 3.8) is 0 Å². The average Bonchev–Trinajstić information content (AvgIpc) is 2.90. The van der Waals surface area contributed by atoms with Crippen LogP contribution in [0.1, 0.15) is 17.0 Å². The molecule has 0 saturated carbocycles. The molecule has 1 aromatic rings. The van der Waals surface area contributed by atoms with Gasteiger partial charge in [-0.1, -0.05) is 5.16 Å². The Labute approximate surface area is 106 Å². The minimum atomic E-state index is -0.0276. The fraction of sp³-hybridized carbons (Fsp3) is 0.667. The second-order valence-corrected chi connectivity index (χ2v) is 4.59. The van der Waals surface area contributed by atoms with Crippen molar-refractivity contribution in [2.75, 3.05) is 20.2 Å². The summed E-state index contributed by atoms with van der Waals surface area (Å²) in [5.41, 5.74) is 1.64. The molecule has 0 spiro atoms. The van der Waals surface area contributed by atoms with Gasteiger partial charge in [0.1, 0.15) is 5.76 Å². The molecule has 1 aliphatic rings. The first-order chi connectivity index (χ1) is 8.61. The number of aryl methyl sites for hydroxylation is 2. The molecule has 2 atom stereocenters. The minimum Gasteiger partial charge on any atom is -0.378 e. The van der Waals surface area contributed by atoms with Crippen LogP contribution < -0.4 is 10.6 Å². The van der Waals surface area contributed by atoms with Gasteiger partial charge in [0.25, 0.3) is 0 Å². The van der Waals surface area contributed by atoms with E-state index in [1.807, 2.05) is 13.8 Å². The molecule has 100 valence electrons. The first-order valence-electron chi connectivity index (χ1n) is 6.06. The minimum absolute atomic E-state index is 0.0276. The topological polar surface area (TPSA) is 76.4 Å². The lowest BCUT2D eigenvalue weighted by molar-refractivity contribution is -0.121. The molecular formula is C12H19N3O3. The first kappa shape index (κ1) is 13.0. The number of carbonyl (C=O) groups excluding carboxylic acids is 1. The number of nitrogens with zero attached hydrogens (tertiary/aromatic N) is 1. The summed E-state index contributed by atoms with van der Waals surface area (Å²) in [6.07, 6.45) is 0.340. The highest BCUT2D eigenvalue weighted by atomic mass is 16.5. The molecule has 0 radical (unpaired) electrons. The smallest absolute Gasteiger partial charge is 0.224 e. The molecule has 18 heavy (non-hydrogen) atoms. The van der Waals surface area contributed by atoms with E-state index in [9.17, 15) is 4.79 Å². The molecule has 2 N–H and O–H groups in total. The van der Waals surface area contributed by atoms with Crippen molar-refractivity contribution in [2.24, 2.45) is 0 Å². The molecule has 1 aromatic heterocycles. The van der Waals surface area contributed by atoms with Crippen LogP contribution in [0.5, 0.6) is 0 Å². The number of ether oxygens (including phenoxy) is 1. The van der Waals surface area contributed by atoms with E-state index in [1.165, 1.54) is 0 Å². The van der Waals surface area contributed by atoms with Crippen LogP contribution in [0.2, 0.25) is 0 Å². The fourth-order valence-electron chi connectivity index (χ4n) is 2.22. The molecule has 6 heteroatoms. The van der Waals surface area contributed by atoms with Crippen molar-refractivity contribution in [1.82, 2.24) is 15.8 Å². The number of rotatable bonds is 4. The third-order valence-electron chi connectivity index (χ3n) is 3.33. The molecule has 1 amide bonds. The Bertz CT molecular complexity index is 411. The van der Waals surface area contributed by atoms with Crippen LogP contribution in [0.15, 0.2) is 4.52 Å². The zero-order chi connectivity index (χ0) is 13.1. The summed E-state index contributed by atoms with van der Waals surface area (Å²) in [6.45, 7) is 5.17. The molecule has 1 fully saturated rings. The van der Waals surface area contributed by atoms with Gasteiger partial charge in [-0.3, -0.25) is 4.79 Å². The molecule has 0 bridgehead atoms. The summed E-state index contributed by atoms with van der Waals surface area (Å²) >= 11 is 0. The van der Waals surface area contributed by atoms with Crippen molar-refractivity contribution < 1.29 is 14.1 Å². The maximum atomic E-state index is 12.0. The van der Waals surface area contributed by atoms with E-state index in [-0.39, 0.29) is 18.1 Å². The molecular weight excluding hydrogens is 234 g/mol. The highest BCUT2D eigenvalue weighted by molar-refractivity contribution is 5.79. The second-order valence-electron chi connectivity index (χ2n) is 4.59. The van der Waals surface area contributed by atoms with E-state index < -0.39 is 0 Å². The van der Waals surface area contributed by atoms with Crippen LogP contribution in [0.4, 0.5) is 0 Å². The van der Waals surface area contributed by atoms with Gasteiger partial charge in [0.15, 0.2) is 0 Å². The number of carbonyl (C=O) groups is 1. The number of hydrogen-bond donors (Lipinski definition) is 2. The Morgan fingerprint density at radius 1 is 1.56 bits per heavy atom. The van der Waals surface area contributed by atoms with E-state index >= 15 is 0 Å². The maximum Gasteiger partial charge on any atom is 0.224 e. The quantitative estimate of drug-likeness (QED) is 0.786. The van der Waals surface area contributed by atoms with Gasteiger partial charge >= 0.3 is 0 Å². The number of hydrogen-bond acceptors (Lipinski definition) is 5. The van der Waals surface area contributed by atoms with Crippen molar-refractivity contribution >= 4 is 5.91 Å². The van der Waals surface area contributed by atoms with Gasteiger partial charge in [-0.25, -0.2) is 0 Å². The van der Waals surface area contributed by atoms with Gasteiger partial charge in [0.05, 0.1) is 24.3 Å². The highest BCUT2D eigenvalue weighted by Gasteiger charge is 2.28. The molecule has 1 saturated heterocycles. The van der Waals surface area contributed by atoms with E-state index in [1.54, 1.807) is 7.11 Å².